The molecule has 0 spiro atoms. The average molecular weight is 328 g/mol. The first-order chi connectivity index (χ1) is 10.3. The van der Waals surface area contributed by atoms with E-state index in [9.17, 15) is 13.2 Å². The van der Waals surface area contributed by atoms with Crippen LogP contribution in [0.15, 0.2) is 29.2 Å². The number of nitrogens with one attached hydrogen (secondary N) is 2. The number of sulfonamides is 1. The second kappa shape index (κ2) is 8.14. The monoisotopic (exact) mass is 328 g/mol. The van der Waals surface area contributed by atoms with Crippen molar-refractivity contribution in [3.05, 3.63) is 24.3 Å². The Bertz CT molecular complexity index is 582. The first kappa shape index (κ1) is 18.4. The van der Waals surface area contributed by atoms with E-state index >= 15 is 0 Å². The fourth-order valence-electron chi connectivity index (χ4n) is 1.72. The summed E-state index contributed by atoms with van der Waals surface area (Å²) in [5.41, 5.74) is 0. The number of carbonyl (C=O) groups excluding carboxylic acids is 1. The first-order valence-corrected chi connectivity index (χ1v) is 8.72. The van der Waals surface area contributed by atoms with Crippen LogP contribution in [0, 0.1) is 5.92 Å². The van der Waals surface area contributed by atoms with Crippen LogP contribution in [0.5, 0.6) is 5.75 Å². The van der Waals surface area contributed by atoms with Crippen LogP contribution in [0.2, 0.25) is 0 Å². The normalized spacial score (nSPS) is 13.0. The maximum absolute atomic E-state index is 12.1. The van der Waals surface area contributed by atoms with Crippen LogP contribution in [0.4, 0.5) is 0 Å². The molecule has 124 valence electrons. The summed E-state index contributed by atoms with van der Waals surface area (Å²) in [4.78, 5) is 11.6. The van der Waals surface area contributed by atoms with Gasteiger partial charge in [-0.05, 0) is 43.5 Å². The van der Waals surface area contributed by atoms with Crippen molar-refractivity contribution in [3.8, 4) is 5.75 Å². The zero-order valence-corrected chi connectivity index (χ0v) is 14.2. The number of carbonyl (C=O) groups is 1. The van der Waals surface area contributed by atoms with Gasteiger partial charge >= 0.3 is 0 Å². The van der Waals surface area contributed by atoms with Gasteiger partial charge in [0.25, 0.3) is 5.91 Å². The molecule has 0 heterocycles. The van der Waals surface area contributed by atoms with Gasteiger partial charge in [0.05, 0.1) is 4.90 Å². The van der Waals surface area contributed by atoms with E-state index in [0.29, 0.717) is 18.2 Å². The van der Waals surface area contributed by atoms with E-state index in [0.717, 1.165) is 6.42 Å². The van der Waals surface area contributed by atoms with Crippen molar-refractivity contribution in [2.75, 3.05) is 13.6 Å². The van der Waals surface area contributed by atoms with Crippen LogP contribution in [-0.2, 0) is 14.8 Å². The molecule has 1 rings (SSSR count). The van der Waals surface area contributed by atoms with Crippen molar-refractivity contribution in [1.82, 2.24) is 10.0 Å². The fourth-order valence-corrected chi connectivity index (χ4v) is 2.77. The number of hydrogen-bond acceptors (Lipinski definition) is 4. The largest absolute Gasteiger partial charge is 0.481 e. The predicted molar refractivity (Wildman–Crippen MR) is 85.2 cm³/mol. The standard InChI is InChI=1S/C15H24N2O4S/c1-11(2)9-10-17-22(19,20)14-7-5-13(6-8-14)21-12(3)15(18)16-4/h5-8,11-12,17H,9-10H2,1-4H3,(H,16,18)/t12-/m0/s1. The number of amides is 1. The molecule has 0 radical (unpaired) electrons. The highest BCUT2D eigenvalue weighted by atomic mass is 32.2. The predicted octanol–water partition coefficient (Wildman–Crippen LogP) is 1.52. The lowest BCUT2D eigenvalue weighted by atomic mass is 10.1. The molecule has 0 fully saturated rings. The average Bonchev–Trinajstić information content (AvgIpc) is 2.46. The molecule has 0 bridgehead atoms. The molecule has 0 aromatic heterocycles. The molecule has 1 amide bonds. The van der Waals surface area contributed by atoms with Gasteiger partial charge in [0.1, 0.15) is 5.75 Å². The van der Waals surface area contributed by atoms with Crippen molar-refractivity contribution in [1.29, 1.82) is 0 Å². The van der Waals surface area contributed by atoms with Crippen LogP contribution >= 0.6 is 0 Å². The van der Waals surface area contributed by atoms with Gasteiger partial charge in [-0.3, -0.25) is 4.79 Å². The Balaban J connectivity index is 2.69. The third-order valence-corrected chi connectivity index (χ3v) is 4.55. The van der Waals surface area contributed by atoms with E-state index < -0.39 is 16.1 Å². The molecule has 0 aliphatic carbocycles. The van der Waals surface area contributed by atoms with Gasteiger partial charge in [-0.15, -0.1) is 0 Å². The SMILES string of the molecule is CNC(=O)[C@H](C)Oc1ccc(S(=O)(=O)NCCC(C)C)cc1. The van der Waals surface area contributed by atoms with Gasteiger partial charge in [0.15, 0.2) is 6.10 Å². The van der Waals surface area contributed by atoms with Gasteiger partial charge in [0.2, 0.25) is 10.0 Å². The third kappa shape index (κ3) is 5.65. The summed E-state index contributed by atoms with van der Waals surface area (Å²) in [6.07, 6.45) is 0.140. The molecule has 1 aromatic rings. The van der Waals surface area contributed by atoms with Crippen LogP contribution in [-0.4, -0.2) is 34.0 Å². The second-order valence-corrected chi connectivity index (χ2v) is 7.19. The topological polar surface area (TPSA) is 84.5 Å². The summed E-state index contributed by atoms with van der Waals surface area (Å²) in [5.74, 6) is 0.633. The van der Waals surface area contributed by atoms with Gasteiger partial charge < -0.3 is 10.1 Å². The third-order valence-electron chi connectivity index (χ3n) is 3.08. The van der Waals surface area contributed by atoms with Gasteiger partial charge in [0, 0.05) is 13.6 Å². The lowest BCUT2D eigenvalue weighted by Crippen LogP contribution is -2.33. The number of hydrogen-bond donors (Lipinski definition) is 2. The molecule has 0 unspecified atom stereocenters. The fraction of sp³-hybridized carbons (Fsp3) is 0.533. The Morgan fingerprint density at radius 1 is 1.18 bits per heavy atom. The van der Waals surface area contributed by atoms with Crippen LogP contribution in [0.3, 0.4) is 0 Å². The molecule has 0 aliphatic rings. The van der Waals surface area contributed by atoms with Crippen molar-refractivity contribution in [2.45, 2.75) is 38.2 Å². The maximum atomic E-state index is 12.1. The second-order valence-electron chi connectivity index (χ2n) is 5.43. The minimum Gasteiger partial charge on any atom is -0.481 e. The quantitative estimate of drug-likeness (QED) is 0.758. The highest BCUT2D eigenvalue weighted by molar-refractivity contribution is 7.89. The minimum absolute atomic E-state index is 0.177. The Labute approximate surface area is 132 Å². The number of likely N-dealkylation sites (N-methyl/N-ethyl adjacent to an activating group) is 1. The molecule has 0 aliphatic heterocycles. The molecular weight excluding hydrogens is 304 g/mol. The van der Waals surface area contributed by atoms with E-state index in [-0.39, 0.29) is 10.8 Å². The zero-order valence-electron chi connectivity index (χ0n) is 13.4. The smallest absolute Gasteiger partial charge is 0.260 e. The van der Waals surface area contributed by atoms with Gasteiger partial charge in [-0.2, -0.15) is 0 Å². The molecular formula is C15H24N2O4S. The molecule has 22 heavy (non-hydrogen) atoms. The van der Waals surface area contributed by atoms with E-state index in [4.69, 9.17) is 4.74 Å². The summed E-state index contributed by atoms with van der Waals surface area (Å²) in [7, 11) is -1.98. The number of benzene rings is 1. The van der Waals surface area contributed by atoms with Crippen molar-refractivity contribution < 1.29 is 17.9 Å². The van der Waals surface area contributed by atoms with E-state index in [1.807, 2.05) is 13.8 Å². The molecule has 1 aromatic carbocycles. The molecule has 1 atom stereocenters. The molecule has 6 nitrogen and oxygen atoms in total. The molecule has 0 saturated heterocycles. The Hall–Kier alpha value is -1.60. The number of rotatable bonds is 8. The summed E-state index contributed by atoms with van der Waals surface area (Å²) in [6.45, 7) is 6.10. The van der Waals surface area contributed by atoms with E-state index in [2.05, 4.69) is 10.0 Å². The summed E-state index contributed by atoms with van der Waals surface area (Å²) in [5, 5.41) is 2.48. The summed E-state index contributed by atoms with van der Waals surface area (Å²) < 4.78 is 32.2. The van der Waals surface area contributed by atoms with Crippen molar-refractivity contribution >= 4 is 15.9 Å². The summed E-state index contributed by atoms with van der Waals surface area (Å²) >= 11 is 0. The van der Waals surface area contributed by atoms with Gasteiger partial charge in [-0.25, -0.2) is 13.1 Å². The highest BCUT2D eigenvalue weighted by Crippen LogP contribution is 2.17. The van der Waals surface area contributed by atoms with Crippen LogP contribution in [0.1, 0.15) is 27.2 Å². The molecule has 2 N–H and O–H groups in total. The first-order valence-electron chi connectivity index (χ1n) is 7.24. The minimum atomic E-state index is -3.51. The van der Waals surface area contributed by atoms with Gasteiger partial charge in [-0.1, -0.05) is 13.8 Å². The molecule has 0 saturated carbocycles. The van der Waals surface area contributed by atoms with Crippen LogP contribution < -0.4 is 14.8 Å². The number of ether oxygens (including phenoxy) is 1. The van der Waals surface area contributed by atoms with Crippen LogP contribution in [0.25, 0.3) is 0 Å². The van der Waals surface area contributed by atoms with E-state index in [1.165, 1.54) is 31.3 Å². The Kier molecular flexibility index (Phi) is 6.83. The van der Waals surface area contributed by atoms with Crippen molar-refractivity contribution in [2.24, 2.45) is 5.92 Å². The highest BCUT2D eigenvalue weighted by Gasteiger charge is 2.15. The lowest BCUT2D eigenvalue weighted by Gasteiger charge is -2.13. The molecule has 7 heteroatoms. The Morgan fingerprint density at radius 3 is 2.27 bits per heavy atom. The maximum Gasteiger partial charge on any atom is 0.260 e. The van der Waals surface area contributed by atoms with E-state index in [1.54, 1.807) is 6.92 Å². The zero-order chi connectivity index (χ0) is 16.8. The Morgan fingerprint density at radius 2 is 1.77 bits per heavy atom. The summed E-state index contributed by atoms with van der Waals surface area (Å²) in [6, 6.07) is 6.00. The lowest BCUT2D eigenvalue weighted by molar-refractivity contribution is -0.126. The van der Waals surface area contributed by atoms with Crippen molar-refractivity contribution in [3.63, 3.8) is 0 Å².